The van der Waals surface area contributed by atoms with Gasteiger partial charge in [-0.1, -0.05) is 23.7 Å². The quantitative estimate of drug-likeness (QED) is 0.920. The molecule has 0 spiro atoms. The van der Waals surface area contributed by atoms with Crippen molar-refractivity contribution in [1.29, 1.82) is 0 Å². The number of aromatic nitrogens is 2. The number of rotatable bonds is 2. The molecule has 0 atom stereocenters. The largest absolute Gasteiger partial charge is 0.483 e. The highest BCUT2D eigenvalue weighted by molar-refractivity contribution is 6.31. The van der Waals surface area contributed by atoms with E-state index in [0.29, 0.717) is 10.8 Å². The van der Waals surface area contributed by atoms with E-state index in [0.717, 1.165) is 17.7 Å². The van der Waals surface area contributed by atoms with Crippen molar-refractivity contribution in [2.45, 2.75) is 25.9 Å². The van der Waals surface area contributed by atoms with E-state index in [2.05, 4.69) is 9.97 Å². The topological polar surface area (TPSA) is 70.3 Å². The van der Waals surface area contributed by atoms with Crippen molar-refractivity contribution in [2.24, 2.45) is 0 Å². The van der Waals surface area contributed by atoms with Crippen LogP contribution in [0.2, 0.25) is 5.02 Å². The van der Waals surface area contributed by atoms with Crippen LogP contribution in [0.1, 0.15) is 19.4 Å². The second-order valence-corrected chi connectivity index (χ2v) is 5.67. The zero-order valence-electron chi connectivity index (χ0n) is 11.2. The van der Waals surface area contributed by atoms with E-state index in [-0.39, 0.29) is 17.4 Å². The smallest absolute Gasteiger partial charge is 0.243 e. The van der Waals surface area contributed by atoms with E-state index in [1.54, 1.807) is 0 Å². The van der Waals surface area contributed by atoms with E-state index in [9.17, 15) is 0 Å². The van der Waals surface area contributed by atoms with Gasteiger partial charge >= 0.3 is 0 Å². The standard InChI is InChI=1S/C14H14ClN3O2/c1-14(2)6-8-4-3-5-10(11(8)20-14)19-12-9(15)7-17-13(16)18-12/h3-5,7H,6H2,1-2H3,(H2,16,17,18). The molecule has 6 heteroatoms. The lowest BCUT2D eigenvalue weighted by atomic mass is 10.0. The van der Waals surface area contributed by atoms with Crippen molar-refractivity contribution in [3.05, 3.63) is 35.0 Å². The Morgan fingerprint density at radius 1 is 1.40 bits per heavy atom. The third-order valence-electron chi connectivity index (χ3n) is 2.99. The molecule has 104 valence electrons. The molecule has 2 N–H and O–H groups in total. The van der Waals surface area contributed by atoms with Gasteiger partial charge in [0.15, 0.2) is 11.5 Å². The minimum Gasteiger partial charge on any atom is -0.483 e. The van der Waals surface area contributed by atoms with Crippen molar-refractivity contribution in [2.75, 3.05) is 5.73 Å². The van der Waals surface area contributed by atoms with Gasteiger partial charge in [-0.15, -0.1) is 0 Å². The van der Waals surface area contributed by atoms with Gasteiger partial charge in [0, 0.05) is 12.0 Å². The lowest BCUT2D eigenvalue weighted by Crippen LogP contribution is -2.24. The minimum atomic E-state index is -0.240. The Kier molecular flexibility index (Phi) is 2.94. The van der Waals surface area contributed by atoms with Crippen molar-refractivity contribution >= 4 is 17.5 Å². The van der Waals surface area contributed by atoms with Crippen LogP contribution in [-0.4, -0.2) is 15.6 Å². The summed E-state index contributed by atoms with van der Waals surface area (Å²) in [6.07, 6.45) is 2.24. The molecule has 0 bridgehead atoms. The molecule has 0 amide bonds. The van der Waals surface area contributed by atoms with Crippen molar-refractivity contribution < 1.29 is 9.47 Å². The Hall–Kier alpha value is -2.01. The minimum absolute atomic E-state index is 0.109. The predicted octanol–water partition coefficient (Wildman–Crippen LogP) is 3.22. The summed E-state index contributed by atoms with van der Waals surface area (Å²) < 4.78 is 11.7. The second kappa shape index (κ2) is 4.52. The van der Waals surface area contributed by atoms with Crippen LogP contribution in [0.25, 0.3) is 0 Å². The lowest BCUT2D eigenvalue weighted by Gasteiger charge is -2.18. The molecular weight excluding hydrogens is 278 g/mol. The Labute approximate surface area is 121 Å². The van der Waals surface area contributed by atoms with E-state index in [1.807, 2.05) is 32.0 Å². The molecule has 0 saturated carbocycles. The highest BCUT2D eigenvalue weighted by atomic mass is 35.5. The average Bonchev–Trinajstić information content (AvgIpc) is 2.69. The third-order valence-corrected chi connectivity index (χ3v) is 3.25. The fourth-order valence-electron chi connectivity index (χ4n) is 2.21. The van der Waals surface area contributed by atoms with Crippen LogP contribution in [0, 0.1) is 0 Å². The average molecular weight is 292 g/mol. The first kappa shape index (κ1) is 13.0. The fraction of sp³-hybridized carbons (Fsp3) is 0.286. The molecule has 20 heavy (non-hydrogen) atoms. The number of fused-ring (bicyclic) bond motifs is 1. The van der Waals surface area contributed by atoms with Crippen molar-refractivity contribution in [3.8, 4) is 17.4 Å². The Balaban J connectivity index is 1.97. The fourth-order valence-corrected chi connectivity index (χ4v) is 2.34. The maximum Gasteiger partial charge on any atom is 0.243 e. The molecule has 1 aliphatic heterocycles. The van der Waals surface area contributed by atoms with Crippen LogP contribution in [0.15, 0.2) is 24.4 Å². The van der Waals surface area contributed by atoms with Crippen LogP contribution in [-0.2, 0) is 6.42 Å². The number of halogens is 1. The summed E-state index contributed by atoms with van der Waals surface area (Å²) in [6, 6.07) is 5.75. The number of hydrogen-bond donors (Lipinski definition) is 1. The SMILES string of the molecule is CC1(C)Cc2cccc(Oc3nc(N)ncc3Cl)c2O1. The summed E-state index contributed by atoms with van der Waals surface area (Å²) in [5.74, 6) is 1.64. The van der Waals surface area contributed by atoms with Crippen LogP contribution in [0.4, 0.5) is 5.95 Å². The monoisotopic (exact) mass is 291 g/mol. The molecular formula is C14H14ClN3O2. The lowest BCUT2D eigenvalue weighted by molar-refractivity contribution is 0.135. The van der Waals surface area contributed by atoms with E-state index < -0.39 is 0 Å². The molecule has 0 fully saturated rings. The van der Waals surface area contributed by atoms with E-state index in [4.69, 9.17) is 26.8 Å². The number of anilines is 1. The van der Waals surface area contributed by atoms with Gasteiger partial charge < -0.3 is 15.2 Å². The van der Waals surface area contributed by atoms with Crippen LogP contribution >= 0.6 is 11.6 Å². The molecule has 3 rings (SSSR count). The molecule has 1 aliphatic rings. The van der Waals surface area contributed by atoms with Gasteiger partial charge in [0.25, 0.3) is 0 Å². The molecule has 5 nitrogen and oxygen atoms in total. The molecule has 2 aromatic rings. The summed E-state index contributed by atoms with van der Waals surface area (Å²) in [4.78, 5) is 7.79. The third kappa shape index (κ3) is 2.36. The number of para-hydroxylation sites is 1. The molecule has 1 aromatic carbocycles. The van der Waals surface area contributed by atoms with Crippen molar-refractivity contribution in [3.63, 3.8) is 0 Å². The number of nitrogens with zero attached hydrogens (tertiary/aromatic N) is 2. The Morgan fingerprint density at radius 2 is 2.20 bits per heavy atom. The van der Waals surface area contributed by atoms with Crippen LogP contribution in [0.3, 0.4) is 0 Å². The van der Waals surface area contributed by atoms with Gasteiger partial charge in [-0.25, -0.2) is 4.98 Å². The number of nitrogens with two attached hydrogens (primary N) is 1. The summed E-state index contributed by atoms with van der Waals surface area (Å²) >= 11 is 6.01. The number of nitrogen functional groups attached to an aromatic ring is 1. The van der Waals surface area contributed by atoms with E-state index in [1.165, 1.54) is 6.20 Å². The van der Waals surface area contributed by atoms with Crippen molar-refractivity contribution in [1.82, 2.24) is 9.97 Å². The highest BCUT2D eigenvalue weighted by Gasteiger charge is 2.32. The van der Waals surface area contributed by atoms with Gasteiger partial charge in [-0.05, 0) is 19.9 Å². The molecule has 0 radical (unpaired) electrons. The Morgan fingerprint density at radius 3 is 3.00 bits per heavy atom. The predicted molar refractivity (Wildman–Crippen MR) is 76.4 cm³/mol. The number of benzene rings is 1. The summed E-state index contributed by atoms with van der Waals surface area (Å²) in [6.45, 7) is 4.07. The molecule has 0 saturated heterocycles. The first-order valence-corrected chi connectivity index (χ1v) is 6.59. The first-order chi connectivity index (χ1) is 9.44. The molecule has 0 unspecified atom stereocenters. The molecule has 1 aromatic heterocycles. The van der Waals surface area contributed by atoms with Gasteiger partial charge in [0.05, 0.1) is 6.20 Å². The number of hydrogen-bond acceptors (Lipinski definition) is 5. The van der Waals surface area contributed by atoms with Gasteiger partial charge in [0.2, 0.25) is 11.8 Å². The van der Waals surface area contributed by atoms with E-state index >= 15 is 0 Å². The zero-order valence-corrected chi connectivity index (χ0v) is 11.9. The second-order valence-electron chi connectivity index (χ2n) is 5.27. The summed E-state index contributed by atoms with van der Waals surface area (Å²) in [5, 5.41) is 0.300. The Bertz CT molecular complexity index is 673. The highest BCUT2D eigenvalue weighted by Crippen LogP contribution is 2.43. The van der Waals surface area contributed by atoms with Crippen LogP contribution < -0.4 is 15.2 Å². The summed E-state index contributed by atoms with van der Waals surface area (Å²) in [5.41, 5.74) is 6.41. The maximum absolute atomic E-state index is 6.01. The van der Waals surface area contributed by atoms with Gasteiger partial charge in [-0.2, -0.15) is 4.98 Å². The first-order valence-electron chi connectivity index (χ1n) is 6.21. The summed E-state index contributed by atoms with van der Waals surface area (Å²) in [7, 11) is 0. The number of ether oxygens (including phenoxy) is 2. The molecule has 2 heterocycles. The maximum atomic E-state index is 6.01. The molecule has 0 aliphatic carbocycles. The van der Waals surface area contributed by atoms with Gasteiger partial charge in [-0.3, -0.25) is 0 Å². The van der Waals surface area contributed by atoms with Crippen LogP contribution in [0.5, 0.6) is 17.4 Å². The van der Waals surface area contributed by atoms with Gasteiger partial charge in [0.1, 0.15) is 10.6 Å². The zero-order chi connectivity index (χ0) is 14.3. The normalized spacial score (nSPS) is 15.6.